The van der Waals surface area contributed by atoms with Crippen LogP contribution in [0.1, 0.15) is 0 Å². The molecule has 0 fully saturated rings. The van der Waals surface area contributed by atoms with E-state index in [9.17, 15) is 0 Å². The Hall–Kier alpha value is -6.58. The molecule has 3 nitrogen and oxygen atoms in total. The zero-order valence-corrected chi connectivity index (χ0v) is 26.6. The van der Waals surface area contributed by atoms with Gasteiger partial charge in [-0.15, -0.1) is 0 Å². The lowest BCUT2D eigenvalue weighted by atomic mass is 9.91. The molecule has 0 N–H and O–H groups in total. The number of fused-ring (bicyclic) bond motifs is 3. The van der Waals surface area contributed by atoms with E-state index in [1.807, 2.05) is 48.5 Å². The van der Waals surface area contributed by atoms with Gasteiger partial charge in [0.05, 0.1) is 11.4 Å². The summed E-state index contributed by atoms with van der Waals surface area (Å²) >= 11 is 0. The molecule has 230 valence electrons. The summed E-state index contributed by atoms with van der Waals surface area (Å²) in [5.74, 6) is 0.693. The van der Waals surface area contributed by atoms with Crippen molar-refractivity contribution in [2.75, 3.05) is 0 Å². The molecule has 9 aromatic rings. The van der Waals surface area contributed by atoms with E-state index in [2.05, 4.69) is 133 Å². The molecule has 0 aliphatic rings. The maximum atomic E-state index is 6.32. The van der Waals surface area contributed by atoms with E-state index < -0.39 is 0 Å². The monoisotopic (exact) mass is 626 g/mol. The molecule has 0 saturated heterocycles. The van der Waals surface area contributed by atoms with Crippen LogP contribution in [-0.4, -0.2) is 9.97 Å². The smallest absolute Gasteiger partial charge is 0.160 e. The third-order valence-electron chi connectivity index (χ3n) is 9.07. The topological polar surface area (TPSA) is 38.9 Å². The van der Waals surface area contributed by atoms with Crippen LogP contribution in [0.3, 0.4) is 0 Å². The molecule has 0 atom stereocenters. The van der Waals surface area contributed by atoms with Gasteiger partial charge in [-0.05, 0) is 75.8 Å². The van der Waals surface area contributed by atoms with E-state index >= 15 is 0 Å². The van der Waals surface area contributed by atoms with E-state index in [0.717, 1.165) is 72.3 Å². The molecule has 0 aliphatic heterocycles. The van der Waals surface area contributed by atoms with Crippen molar-refractivity contribution in [2.24, 2.45) is 0 Å². The fourth-order valence-electron chi connectivity index (χ4n) is 6.69. The van der Waals surface area contributed by atoms with Crippen LogP contribution in [0.4, 0.5) is 0 Å². The van der Waals surface area contributed by atoms with Crippen molar-refractivity contribution in [3.05, 3.63) is 182 Å². The highest BCUT2D eigenvalue weighted by molar-refractivity contribution is 6.12. The maximum Gasteiger partial charge on any atom is 0.160 e. The normalized spacial score (nSPS) is 11.3. The molecule has 0 spiro atoms. The number of rotatable bonds is 6. The summed E-state index contributed by atoms with van der Waals surface area (Å²) in [6.45, 7) is 0. The minimum absolute atomic E-state index is 0.693. The van der Waals surface area contributed by atoms with Gasteiger partial charge in [-0.25, -0.2) is 9.97 Å². The van der Waals surface area contributed by atoms with Gasteiger partial charge in [0.1, 0.15) is 11.2 Å². The zero-order chi connectivity index (χ0) is 32.6. The summed E-state index contributed by atoms with van der Waals surface area (Å²) in [4.78, 5) is 10.3. The van der Waals surface area contributed by atoms with Gasteiger partial charge in [-0.3, -0.25) is 0 Å². The Labute approximate surface area is 284 Å². The minimum atomic E-state index is 0.693. The van der Waals surface area contributed by atoms with E-state index in [4.69, 9.17) is 14.4 Å². The molecule has 0 bridgehead atoms. The van der Waals surface area contributed by atoms with Crippen molar-refractivity contribution in [1.82, 2.24) is 9.97 Å². The van der Waals surface area contributed by atoms with Crippen LogP contribution in [-0.2, 0) is 0 Å². The molecule has 0 saturated carbocycles. The second kappa shape index (κ2) is 12.2. The molecule has 0 radical (unpaired) electrons. The van der Waals surface area contributed by atoms with Crippen LogP contribution >= 0.6 is 0 Å². The van der Waals surface area contributed by atoms with Gasteiger partial charge >= 0.3 is 0 Å². The lowest BCUT2D eigenvalue weighted by molar-refractivity contribution is 0.669. The Morgan fingerprint density at radius 1 is 0.327 bits per heavy atom. The first-order chi connectivity index (χ1) is 24.3. The van der Waals surface area contributed by atoms with E-state index in [0.29, 0.717) is 5.82 Å². The number of hydrogen-bond donors (Lipinski definition) is 0. The van der Waals surface area contributed by atoms with Gasteiger partial charge < -0.3 is 4.42 Å². The quantitative estimate of drug-likeness (QED) is 0.184. The molecule has 9 rings (SSSR count). The van der Waals surface area contributed by atoms with Gasteiger partial charge in [-0.2, -0.15) is 0 Å². The van der Waals surface area contributed by atoms with Crippen molar-refractivity contribution >= 4 is 21.9 Å². The predicted molar refractivity (Wildman–Crippen MR) is 202 cm³/mol. The first-order valence-corrected chi connectivity index (χ1v) is 16.5. The van der Waals surface area contributed by atoms with E-state index in [1.165, 1.54) is 11.1 Å². The highest BCUT2D eigenvalue weighted by atomic mass is 16.3. The number of hydrogen-bond acceptors (Lipinski definition) is 3. The van der Waals surface area contributed by atoms with Crippen molar-refractivity contribution < 1.29 is 4.42 Å². The largest absolute Gasteiger partial charge is 0.456 e. The molecular formula is C46H30N2O. The van der Waals surface area contributed by atoms with Gasteiger partial charge in [0.25, 0.3) is 0 Å². The Kier molecular flexibility index (Phi) is 7.14. The average Bonchev–Trinajstić information content (AvgIpc) is 3.58. The SMILES string of the molecule is c1ccc(-c2cccc(-c3cc(-c4cc(-c5ccccc5)nc(-c5ccccc5)n4)cc(-c4cccc5oc6ccccc6c45)c3)c2)cc1. The molecule has 2 heterocycles. The number of furan rings is 1. The maximum absolute atomic E-state index is 6.32. The second-order valence-electron chi connectivity index (χ2n) is 12.2. The van der Waals surface area contributed by atoms with Gasteiger partial charge in [0.2, 0.25) is 0 Å². The number of aromatic nitrogens is 2. The number of para-hydroxylation sites is 1. The molecule has 49 heavy (non-hydrogen) atoms. The Morgan fingerprint density at radius 2 is 0.837 bits per heavy atom. The standard InChI is InChI=1S/C46H30N2O/c1-4-14-31(15-5-1)34-20-12-21-35(26-34)36-27-37(39-23-13-25-44-45(39)40-22-10-11-24-43(40)49-44)29-38(28-36)42-30-41(32-16-6-2-7-17-32)47-46(48-42)33-18-8-3-9-19-33/h1-30H. The van der Waals surface area contributed by atoms with Crippen LogP contribution in [0.2, 0.25) is 0 Å². The summed E-state index contributed by atoms with van der Waals surface area (Å²) in [7, 11) is 0. The molecule has 7 aromatic carbocycles. The van der Waals surface area contributed by atoms with Crippen LogP contribution in [0.15, 0.2) is 186 Å². The zero-order valence-electron chi connectivity index (χ0n) is 26.6. The van der Waals surface area contributed by atoms with Gasteiger partial charge in [0, 0.05) is 27.5 Å². The second-order valence-corrected chi connectivity index (χ2v) is 12.2. The van der Waals surface area contributed by atoms with Crippen LogP contribution in [0.5, 0.6) is 0 Å². The Bertz CT molecular complexity index is 2530. The minimum Gasteiger partial charge on any atom is -0.456 e. The fourth-order valence-corrected chi connectivity index (χ4v) is 6.69. The lowest BCUT2D eigenvalue weighted by Crippen LogP contribution is -1.96. The number of benzene rings is 7. The first-order valence-electron chi connectivity index (χ1n) is 16.5. The highest BCUT2D eigenvalue weighted by Crippen LogP contribution is 2.40. The summed E-state index contributed by atoms with van der Waals surface area (Å²) in [5, 5.41) is 2.21. The highest BCUT2D eigenvalue weighted by Gasteiger charge is 2.17. The van der Waals surface area contributed by atoms with Crippen LogP contribution in [0, 0.1) is 0 Å². The predicted octanol–water partition coefficient (Wildman–Crippen LogP) is 12.4. The molecule has 3 heteroatoms. The van der Waals surface area contributed by atoms with Crippen molar-refractivity contribution in [2.45, 2.75) is 0 Å². The van der Waals surface area contributed by atoms with E-state index in [1.54, 1.807) is 0 Å². The van der Waals surface area contributed by atoms with Crippen LogP contribution in [0.25, 0.3) is 89.2 Å². The number of nitrogens with zero attached hydrogens (tertiary/aromatic N) is 2. The summed E-state index contributed by atoms with van der Waals surface area (Å²) < 4.78 is 6.32. The van der Waals surface area contributed by atoms with Gasteiger partial charge in [0.15, 0.2) is 5.82 Å². The van der Waals surface area contributed by atoms with Crippen molar-refractivity contribution in [3.8, 4) is 67.3 Å². The molecular weight excluding hydrogens is 597 g/mol. The third-order valence-corrected chi connectivity index (χ3v) is 9.07. The Balaban J connectivity index is 1.30. The Morgan fingerprint density at radius 3 is 1.59 bits per heavy atom. The molecule has 2 aromatic heterocycles. The summed E-state index contributed by atoms with van der Waals surface area (Å²) in [6, 6.07) is 63.3. The van der Waals surface area contributed by atoms with Crippen LogP contribution < -0.4 is 0 Å². The average molecular weight is 627 g/mol. The summed E-state index contributed by atoms with van der Waals surface area (Å²) in [5.41, 5.74) is 13.3. The molecule has 0 unspecified atom stereocenters. The van der Waals surface area contributed by atoms with Crippen molar-refractivity contribution in [3.63, 3.8) is 0 Å². The molecule has 0 amide bonds. The lowest BCUT2D eigenvalue weighted by Gasteiger charge is -2.14. The fraction of sp³-hybridized carbons (Fsp3) is 0. The third kappa shape index (κ3) is 5.48. The van der Waals surface area contributed by atoms with Gasteiger partial charge in [-0.1, -0.05) is 140 Å². The van der Waals surface area contributed by atoms with Crippen molar-refractivity contribution in [1.29, 1.82) is 0 Å². The van der Waals surface area contributed by atoms with E-state index in [-0.39, 0.29) is 0 Å². The molecule has 0 aliphatic carbocycles. The first kappa shape index (κ1) is 28.6. The summed E-state index contributed by atoms with van der Waals surface area (Å²) in [6.07, 6.45) is 0.